The maximum Gasteiger partial charge on any atom is 0.127 e. The largest absolute Gasteiger partial charge is 0.497 e. The molecule has 152 valence electrons. The third-order valence-electron chi connectivity index (χ3n) is 5.59. The highest BCUT2D eigenvalue weighted by Crippen LogP contribution is 2.18. The normalized spacial score (nSPS) is 17.4. The van der Waals surface area contributed by atoms with Gasteiger partial charge in [-0.1, -0.05) is 24.3 Å². The molecule has 2 aromatic carbocycles. The Labute approximate surface area is 173 Å². The number of hydrogen-bond donors (Lipinski definition) is 1. The highest BCUT2D eigenvalue weighted by atomic mass is 16.5. The number of nitrogens with one attached hydrogen (secondary N) is 1. The van der Waals surface area contributed by atoms with E-state index in [0.29, 0.717) is 6.04 Å². The van der Waals surface area contributed by atoms with Gasteiger partial charge in [0.25, 0.3) is 0 Å². The second-order valence-corrected chi connectivity index (χ2v) is 7.86. The molecule has 0 radical (unpaired) electrons. The number of ether oxygens (including phenoxy) is 1. The summed E-state index contributed by atoms with van der Waals surface area (Å²) in [5, 5.41) is 3.74. The summed E-state index contributed by atoms with van der Waals surface area (Å²) in [6.45, 7) is 6.07. The van der Waals surface area contributed by atoms with E-state index in [4.69, 9.17) is 4.74 Å². The van der Waals surface area contributed by atoms with E-state index in [9.17, 15) is 0 Å². The van der Waals surface area contributed by atoms with Crippen LogP contribution >= 0.6 is 0 Å². The lowest BCUT2D eigenvalue weighted by Gasteiger charge is -2.33. The summed E-state index contributed by atoms with van der Waals surface area (Å²) >= 11 is 0. The lowest BCUT2D eigenvalue weighted by molar-refractivity contribution is 0.182. The minimum absolute atomic E-state index is 0.483. The summed E-state index contributed by atoms with van der Waals surface area (Å²) in [7, 11) is 1.72. The van der Waals surface area contributed by atoms with Crippen molar-refractivity contribution in [2.75, 3.05) is 20.2 Å². The van der Waals surface area contributed by atoms with Crippen LogP contribution in [0.2, 0.25) is 0 Å². The van der Waals surface area contributed by atoms with E-state index in [1.54, 1.807) is 7.11 Å². The third kappa shape index (κ3) is 5.05. The summed E-state index contributed by atoms with van der Waals surface area (Å²) in [5.41, 5.74) is 3.73. The third-order valence-corrected chi connectivity index (χ3v) is 5.59. The quantitative estimate of drug-likeness (QED) is 0.663. The SMILES string of the molecule is COc1cccc(CN2CCC[C@H](NCc3nccn3-c3cccc(C)c3)C2)c1. The lowest BCUT2D eigenvalue weighted by Crippen LogP contribution is -2.45. The number of rotatable bonds is 7. The lowest BCUT2D eigenvalue weighted by atomic mass is 10.0. The van der Waals surface area contributed by atoms with Crippen LogP contribution in [0, 0.1) is 6.92 Å². The van der Waals surface area contributed by atoms with Crippen molar-refractivity contribution < 1.29 is 4.74 Å². The van der Waals surface area contributed by atoms with Gasteiger partial charge in [0.1, 0.15) is 11.6 Å². The second kappa shape index (κ2) is 9.25. The molecule has 1 saturated heterocycles. The number of nitrogens with zero attached hydrogens (tertiary/aromatic N) is 3. The Bertz CT molecular complexity index is 936. The molecule has 2 heterocycles. The fourth-order valence-electron chi connectivity index (χ4n) is 4.11. The van der Waals surface area contributed by atoms with E-state index in [-0.39, 0.29) is 0 Å². The molecule has 0 saturated carbocycles. The first-order valence-corrected chi connectivity index (χ1v) is 10.4. The fourth-order valence-corrected chi connectivity index (χ4v) is 4.11. The molecule has 29 heavy (non-hydrogen) atoms. The van der Waals surface area contributed by atoms with Crippen LogP contribution in [0.4, 0.5) is 0 Å². The van der Waals surface area contributed by atoms with E-state index in [1.165, 1.54) is 29.7 Å². The Hall–Kier alpha value is -2.63. The minimum Gasteiger partial charge on any atom is -0.497 e. The monoisotopic (exact) mass is 390 g/mol. The van der Waals surface area contributed by atoms with Crippen molar-refractivity contribution in [3.05, 3.63) is 77.9 Å². The summed E-state index contributed by atoms with van der Waals surface area (Å²) < 4.78 is 7.54. The minimum atomic E-state index is 0.483. The summed E-state index contributed by atoms with van der Waals surface area (Å²) in [6, 6.07) is 17.4. The Morgan fingerprint density at radius 3 is 2.93 bits per heavy atom. The molecule has 0 spiro atoms. The second-order valence-electron chi connectivity index (χ2n) is 7.86. The van der Waals surface area contributed by atoms with E-state index >= 15 is 0 Å². The van der Waals surface area contributed by atoms with Crippen LogP contribution in [0.15, 0.2) is 60.9 Å². The molecule has 1 aliphatic rings. The number of likely N-dealkylation sites (tertiary alicyclic amines) is 1. The van der Waals surface area contributed by atoms with Crippen molar-refractivity contribution in [2.45, 2.75) is 38.9 Å². The van der Waals surface area contributed by atoms with Gasteiger partial charge in [-0.3, -0.25) is 4.90 Å². The maximum atomic E-state index is 5.36. The van der Waals surface area contributed by atoms with Crippen LogP contribution in [0.1, 0.15) is 29.8 Å². The fraction of sp³-hybridized carbons (Fsp3) is 0.375. The molecule has 5 nitrogen and oxygen atoms in total. The Morgan fingerprint density at radius 1 is 1.17 bits per heavy atom. The van der Waals surface area contributed by atoms with Crippen molar-refractivity contribution >= 4 is 0 Å². The van der Waals surface area contributed by atoms with E-state index in [2.05, 4.69) is 69.2 Å². The Kier molecular flexibility index (Phi) is 6.27. The molecule has 1 atom stereocenters. The molecule has 0 aliphatic carbocycles. The van der Waals surface area contributed by atoms with Crippen molar-refractivity contribution in [3.63, 3.8) is 0 Å². The molecule has 1 aromatic heterocycles. The number of hydrogen-bond acceptors (Lipinski definition) is 4. The Morgan fingerprint density at radius 2 is 2.07 bits per heavy atom. The van der Waals surface area contributed by atoms with Crippen LogP contribution in [-0.4, -0.2) is 40.7 Å². The molecule has 1 N–H and O–H groups in total. The van der Waals surface area contributed by atoms with Gasteiger partial charge < -0.3 is 14.6 Å². The van der Waals surface area contributed by atoms with Crippen LogP contribution < -0.4 is 10.1 Å². The Balaban J connectivity index is 1.35. The van der Waals surface area contributed by atoms with Gasteiger partial charge in [0.2, 0.25) is 0 Å². The van der Waals surface area contributed by atoms with Crippen molar-refractivity contribution in [3.8, 4) is 11.4 Å². The first kappa shape index (κ1) is 19.7. The van der Waals surface area contributed by atoms with E-state index < -0.39 is 0 Å². The van der Waals surface area contributed by atoms with Gasteiger partial charge in [0.15, 0.2) is 0 Å². The van der Waals surface area contributed by atoms with Gasteiger partial charge in [-0.2, -0.15) is 0 Å². The summed E-state index contributed by atoms with van der Waals surface area (Å²) in [6.07, 6.45) is 6.35. The molecule has 1 aliphatic heterocycles. The van der Waals surface area contributed by atoms with Gasteiger partial charge in [-0.25, -0.2) is 4.98 Å². The van der Waals surface area contributed by atoms with Crippen molar-refractivity contribution in [1.82, 2.24) is 19.8 Å². The van der Waals surface area contributed by atoms with Crippen LogP contribution in [0.5, 0.6) is 5.75 Å². The number of benzene rings is 2. The molecule has 5 heteroatoms. The van der Waals surface area contributed by atoms with Crippen molar-refractivity contribution in [1.29, 1.82) is 0 Å². The number of piperidine rings is 1. The number of aromatic nitrogens is 2. The molecule has 0 bridgehead atoms. The van der Waals surface area contributed by atoms with E-state index in [0.717, 1.165) is 37.8 Å². The molecule has 0 amide bonds. The van der Waals surface area contributed by atoms with Crippen LogP contribution in [0.3, 0.4) is 0 Å². The standard InChI is InChI=1S/C24H30N4O/c1-19-6-3-9-22(14-19)28-13-11-25-24(28)16-26-21-8-5-12-27(18-21)17-20-7-4-10-23(15-20)29-2/h3-4,6-7,9-11,13-15,21,26H,5,8,12,16-18H2,1-2H3/t21-/m0/s1. The number of aryl methyl sites for hydroxylation is 1. The zero-order valence-corrected chi connectivity index (χ0v) is 17.3. The van der Waals surface area contributed by atoms with Gasteiger partial charge in [-0.15, -0.1) is 0 Å². The van der Waals surface area contributed by atoms with Gasteiger partial charge in [0.05, 0.1) is 13.7 Å². The first-order chi connectivity index (χ1) is 14.2. The highest BCUT2D eigenvalue weighted by Gasteiger charge is 2.20. The van der Waals surface area contributed by atoms with E-state index in [1.807, 2.05) is 18.5 Å². The predicted octanol–water partition coefficient (Wildman–Crippen LogP) is 3.94. The van der Waals surface area contributed by atoms with Crippen LogP contribution in [-0.2, 0) is 13.1 Å². The zero-order valence-electron chi connectivity index (χ0n) is 17.3. The topological polar surface area (TPSA) is 42.3 Å². The smallest absolute Gasteiger partial charge is 0.127 e. The highest BCUT2D eigenvalue weighted by molar-refractivity contribution is 5.36. The summed E-state index contributed by atoms with van der Waals surface area (Å²) in [5.74, 6) is 1.98. The molecule has 0 unspecified atom stereocenters. The average molecular weight is 391 g/mol. The molecule has 4 rings (SSSR count). The molecule has 1 fully saturated rings. The summed E-state index contributed by atoms with van der Waals surface area (Å²) in [4.78, 5) is 7.12. The maximum absolute atomic E-state index is 5.36. The molecule has 3 aromatic rings. The molecular formula is C24H30N4O. The van der Waals surface area contributed by atoms with Gasteiger partial charge in [0, 0.05) is 37.2 Å². The van der Waals surface area contributed by atoms with Gasteiger partial charge in [-0.05, 0) is 61.7 Å². The van der Waals surface area contributed by atoms with Gasteiger partial charge >= 0.3 is 0 Å². The van der Waals surface area contributed by atoms with Crippen molar-refractivity contribution in [2.24, 2.45) is 0 Å². The average Bonchev–Trinajstić information content (AvgIpc) is 3.21. The number of imidazole rings is 1. The molecular weight excluding hydrogens is 360 g/mol. The number of methoxy groups -OCH3 is 1. The predicted molar refractivity (Wildman–Crippen MR) is 116 cm³/mol. The first-order valence-electron chi connectivity index (χ1n) is 10.4. The van der Waals surface area contributed by atoms with Crippen LogP contribution in [0.25, 0.3) is 5.69 Å². The zero-order chi connectivity index (χ0) is 20.1.